The molecule has 4 rings (SSSR count). The van der Waals surface area contributed by atoms with Crippen molar-refractivity contribution in [3.05, 3.63) is 35.5 Å². The number of hydrogen-bond acceptors (Lipinski definition) is 3. The van der Waals surface area contributed by atoms with E-state index in [2.05, 4.69) is 47.7 Å². The highest BCUT2D eigenvalue weighted by atomic mass is 16.5. The first-order valence-electron chi connectivity index (χ1n) is 10.2. The fourth-order valence-electron chi connectivity index (χ4n) is 5.16. The summed E-state index contributed by atoms with van der Waals surface area (Å²) in [5.41, 5.74) is 4.33. The van der Waals surface area contributed by atoms with Crippen molar-refractivity contribution in [3.63, 3.8) is 0 Å². The van der Waals surface area contributed by atoms with Gasteiger partial charge in [-0.2, -0.15) is 0 Å². The van der Waals surface area contributed by atoms with Gasteiger partial charge in [-0.25, -0.2) is 4.79 Å². The number of carbonyl (C=O) groups is 1. The highest BCUT2D eigenvalue weighted by Gasteiger charge is 2.31. The number of aryl methyl sites for hydroxylation is 1. The SMILES string of the molecule is COC(=O)N1CCC(N2CCC(c3c(C)n(C)c4ccccc34)CC2)CC1. The highest BCUT2D eigenvalue weighted by Crippen LogP contribution is 2.37. The smallest absolute Gasteiger partial charge is 0.409 e. The summed E-state index contributed by atoms with van der Waals surface area (Å²) in [4.78, 5) is 16.2. The molecule has 0 saturated carbocycles. The highest BCUT2D eigenvalue weighted by molar-refractivity contribution is 5.86. The molecule has 0 aliphatic carbocycles. The fraction of sp³-hybridized carbons (Fsp3) is 0.591. The van der Waals surface area contributed by atoms with Crippen LogP contribution in [0.15, 0.2) is 24.3 Å². The molecule has 0 spiro atoms. The van der Waals surface area contributed by atoms with Crippen molar-refractivity contribution < 1.29 is 9.53 Å². The van der Waals surface area contributed by atoms with Gasteiger partial charge < -0.3 is 19.1 Å². The van der Waals surface area contributed by atoms with Crippen LogP contribution in [0.5, 0.6) is 0 Å². The third-order valence-electron chi connectivity index (χ3n) is 6.80. The van der Waals surface area contributed by atoms with Crippen molar-refractivity contribution in [1.29, 1.82) is 0 Å². The zero-order valence-electron chi connectivity index (χ0n) is 16.8. The van der Waals surface area contributed by atoms with Crippen LogP contribution in [-0.2, 0) is 11.8 Å². The number of rotatable bonds is 2. The molecule has 2 aliphatic heterocycles. The molecular formula is C22H31N3O2. The van der Waals surface area contributed by atoms with E-state index < -0.39 is 0 Å². The molecule has 0 radical (unpaired) electrons. The van der Waals surface area contributed by atoms with Gasteiger partial charge in [-0.15, -0.1) is 0 Å². The molecule has 0 unspecified atom stereocenters. The molecule has 5 heteroatoms. The summed E-state index contributed by atoms with van der Waals surface area (Å²) in [5.74, 6) is 0.655. The lowest BCUT2D eigenvalue weighted by Crippen LogP contribution is -2.48. The standard InChI is InChI=1S/C22H31N3O2/c1-16-21(19-6-4-5-7-20(19)23(16)2)17-8-12-24(13-9-17)18-10-14-25(15-11-18)22(26)27-3/h4-7,17-18H,8-15H2,1-3H3. The van der Waals surface area contributed by atoms with Crippen LogP contribution in [0.3, 0.4) is 0 Å². The zero-order valence-corrected chi connectivity index (χ0v) is 16.8. The Hall–Kier alpha value is -2.01. The maximum atomic E-state index is 11.7. The van der Waals surface area contributed by atoms with E-state index >= 15 is 0 Å². The van der Waals surface area contributed by atoms with Crippen LogP contribution in [0, 0.1) is 6.92 Å². The summed E-state index contributed by atoms with van der Waals surface area (Å²) >= 11 is 0. The average Bonchev–Trinajstić information content (AvgIpc) is 2.98. The summed E-state index contributed by atoms with van der Waals surface area (Å²) in [6.07, 6.45) is 4.40. The van der Waals surface area contributed by atoms with Crippen LogP contribution >= 0.6 is 0 Å². The molecule has 2 aliphatic rings. The topological polar surface area (TPSA) is 37.7 Å². The monoisotopic (exact) mass is 369 g/mol. The molecule has 1 amide bonds. The molecule has 146 valence electrons. The van der Waals surface area contributed by atoms with Gasteiger partial charge in [0, 0.05) is 42.8 Å². The molecule has 3 heterocycles. The quantitative estimate of drug-likeness (QED) is 0.806. The van der Waals surface area contributed by atoms with Gasteiger partial charge in [-0.05, 0) is 63.2 Å². The van der Waals surface area contributed by atoms with Gasteiger partial charge in [0.1, 0.15) is 0 Å². The van der Waals surface area contributed by atoms with Gasteiger partial charge in [0.15, 0.2) is 0 Å². The van der Waals surface area contributed by atoms with E-state index in [1.165, 1.54) is 36.5 Å². The number of methoxy groups -OCH3 is 1. The second kappa shape index (κ2) is 7.55. The third-order valence-corrected chi connectivity index (χ3v) is 6.80. The molecular weight excluding hydrogens is 338 g/mol. The first-order chi connectivity index (χ1) is 13.1. The van der Waals surface area contributed by atoms with Crippen molar-refractivity contribution in [2.75, 3.05) is 33.3 Å². The molecule has 2 aromatic rings. The van der Waals surface area contributed by atoms with Crippen LogP contribution in [-0.4, -0.2) is 59.8 Å². The number of ether oxygens (including phenoxy) is 1. The summed E-state index contributed by atoms with van der Waals surface area (Å²) in [6, 6.07) is 9.42. The Labute approximate surface area is 161 Å². The van der Waals surface area contributed by atoms with Gasteiger partial charge >= 0.3 is 6.09 Å². The second-order valence-corrected chi connectivity index (χ2v) is 8.07. The summed E-state index contributed by atoms with van der Waals surface area (Å²) in [7, 11) is 3.65. The largest absolute Gasteiger partial charge is 0.453 e. The Morgan fingerprint density at radius 3 is 2.37 bits per heavy atom. The van der Waals surface area contributed by atoms with Crippen molar-refractivity contribution in [3.8, 4) is 0 Å². The Morgan fingerprint density at radius 2 is 1.70 bits per heavy atom. The van der Waals surface area contributed by atoms with Crippen LogP contribution in [0.1, 0.15) is 42.9 Å². The van der Waals surface area contributed by atoms with E-state index in [-0.39, 0.29) is 6.09 Å². The molecule has 1 aromatic heterocycles. The molecule has 0 atom stereocenters. The number of para-hydroxylation sites is 1. The van der Waals surface area contributed by atoms with E-state index in [0.29, 0.717) is 12.0 Å². The van der Waals surface area contributed by atoms with E-state index in [1.54, 1.807) is 5.56 Å². The van der Waals surface area contributed by atoms with Gasteiger partial charge in [0.25, 0.3) is 0 Å². The van der Waals surface area contributed by atoms with E-state index in [1.807, 2.05) is 4.90 Å². The number of piperidine rings is 2. The number of likely N-dealkylation sites (tertiary alicyclic amines) is 2. The van der Waals surface area contributed by atoms with Crippen molar-refractivity contribution in [2.45, 2.75) is 44.6 Å². The van der Waals surface area contributed by atoms with Gasteiger partial charge in [-0.1, -0.05) is 18.2 Å². The summed E-state index contributed by atoms with van der Waals surface area (Å²) in [6.45, 7) is 6.23. The molecule has 2 saturated heterocycles. The second-order valence-electron chi connectivity index (χ2n) is 8.07. The first kappa shape index (κ1) is 18.4. The molecule has 1 aromatic carbocycles. The number of carbonyl (C=O) groups excluding carboxylic acids is 1. The van der Waals surface area contributed by atoms with E-state index in [9.17, 15) is 4.79 Å². The number of nitrogens with zero attached hydrogens (tertiary/aromatic N) is 3. The van der Waals surface area contributed by atoms with Gasteiger partial charge in [0.2, 0.25) is 0 Å². The Kier molecular flexibility index (Phi) is 5.13. The Morgan fingerprint density at radius 1 is 1.04 bits per heavy atom. The Bertz CT molecular complexity index is 812. The first-order valence-corrected chi connectivity index (χ1v) is 10.2. The number of amides is 1. The van der Waals surface area contributed by atoms with Crippen LogP contribution in [0.2, 0.25) is 0 Å². The zero-order chi connectivity index (χ0) is 19.0. The maximum absolute atomic E-state index is 11.7. The van der Waals surface area contributed by atoms with Crippen molar-refractivity contribution >= 4 is 17.0 Å². The minimum Gasteiger partial charge on any atom is -0.453 e. The molecule has 0 N–H and O–H groups in total. The predicted octanol–water partition coefficient (Wildman–Crippen LogP) is 3.90. The number of aromatic nitrogens is 1. The van der Waals surface area contributed by atoms with E-state index in [0.717, 1.165) is 39.0 Å². The van der Waals surface area contributed by atoms with Gasteiger partial charge in [-0.3, -0.25) is 0 Å². The number of hydrogen-bond donors (Lipinski definition) is 0. The van der Waals surface area contributed by atoms with Crippen LogP contribution in [0.4, 0.5) is 4.79 Å². The van der Waals surface area contributed by atoms with Gasteiger partial charge in [0.05, 0.1) is 7.11 Å². The lowest BCUT2D eigenvalue weighted by atomic mass is 9.86. The molecule has 5 nitrogen and oxygen atoms in total. The summed E-state index contributed by atoms with van der Waals surface area (Å²) in [5, 5.41) is 1.43. The average molecular weight is 370 g/mol. The molecule has 27 heavy (non-hydrogen) atoms. The minimum absolute atomic E-state index is 0.182. The van der Waals surface area contributed by atoms with Crippen molar-refractivity contribution in [1.82, 2.24) is 14.4 Å². The number of benzene rings is 1. The lowest BCUT2D eigenvalue weighted by Gasteiger charge is -2.41. The third kappa shape index (κ3) is 3.33. The van der Waals surface area contributed by atoms with Crippen molar-refractivity contribution in [2.24, 2.45) is 7.05 Å². The number of fused-ring (bicyclic) bond motifs is 1. The van der Waals surface area contributed by atoms with Crippen LogP contribution in [0.25, 0.3) is 10.9 Å². The molecule has 0 bridgehead atoms. The fourth-order valence-corrected chi connectivity index (χ4v) is 5.16. The maximum Gasteiger partial charge on any atom is 0.409 e. The predicted molar refractivity (Wildman–Crippen MR) is 108 cm³/mol. The molecule has 2 fully saturated rings. The minimum atomic E-state index is -0.182. The lowest BCUT2D eigenvalue weighted by molar-refractivity contribution is 0.0734. The van der Waals surface area contributed by atoms with Crippen LogP contribution < -0.4 is 0 Å². The normalized spacial score (nSPS) is 20.3. The Balaban J connectivity index is 1.40. The van der Waals surface area contributed by atoms with E-state index in [4.69, 9.17) is 4.74 Å². The summed E-state index contributed by atoms with van der Waals surface area (Å²) < 4.78 is 7.20.